The van der Waals surface area contributed by atoms with E-state index in [-0.39, 0.29) is 5.82 Å². The summed E-state index contributed by atoms with van der Waals surface area (Å²) in [5.74, 6) is -0.271. The van der Waals surface area contributed by atoms with Gasteiger partial charge in [-0.1, -0.05) is 28.8 Å². The highest BCUT2D eigenvalue weighted by atomic mass is 79.9. The molecule has 1 saturated carbocycles. The zero-order valence-corrected chi connectivity index (χ0v) is 12.7. The van der Waals surface area contributed by atoms with Crippen LogP contribution in [0.3, 0.4) is 0 Å². The van der Waals surface area contributed by atoms with E-state index in [1.807, 2.05) is 6.92 Å². The third kappa shape index (κ3) is 3.36. The minimum Gasteiger partial charge on any atom is -0.390 e. The van der Waals surface area contributed by atoms with Gasteiger partial charge in [0.15, 0.2) is 0 Å². The Hall–Kier alpha value is -0.450. The second-order valence-electron chi connectivity index (χ2n) is 5.16. The Kier molecular flexibility index (Phi) is 4.98. The third-order valence-corrected chi connectivity index (χ3v) is 4.40. The normalized spacial score (nSPS) is 19.6. The van der Waals surface area contributed by atoms with E-state index in [0.29, 0.717) is 18.6 Å². The molecule has 1 aromatic carbocycles. The first-order valence-corrected chi connectivity index (χ1v) is 7.62. The van der Waals surface area contributed by atoms with Gasteiger partial charge in [-0.05, 0) is 43.5 Å². The molecule has 0 saturated heterocycles. The van der Waals surface area contributed by atoms with Crippen LogP contribution in [0.1, 0.15) is 38.2 Å². The van der Waals surface area contributed by atoms with Gasteiger partial charge in [0.2, 0.25) is 0 Å². The maximum atomic E-state index is 13.8. The lowest BCUT2D eigenvalue weighted by atomic mass is 9.89. The summed E-state index contributed by atoms with van der Waals surface area (Å²) in [6.07, 6.45) is 3.50. The molecule has 1 atom stereocenters. The van der Waals surface area contributed by atoms with Crippen molar-refractivity contribution < 1.29 is 14.2 Å². The van der Waals surface area contributed by atoms with Crippen LogP contribution in [0, 0.1) is 5.82 Å². The van der Waals surface area contributed by atoms with Crippen LogP contribution in [0.2, 0.25) is 0 Å². The molecule has 106 valence electrons. The van der Waals surface area contributed by atoms with Crippen molar-refractivity contribution in [2.75, 3.05) is 6.61 Å². The van der Waals surface area contributed by atoms with Crippen molar-refractivity contribution in [3.05, 3.63) is 34.1 Å². The monoisotopic (exact) mass is 330 g/mol. The molecule has 4 heteroatoms. The fraction of sp³-hybridized carbons (Fsp3) is 0.600. The van der Waals surface area contributed by atoms with E-state index < -0.39 is 11.7 Å². The van der Waals surface area contributed by atoms with Crippen molar-refractivity contribution in [1.29, 1.82) is 0 Å². The summed E-state index contributed by atoms with van der Waals surface area (Å²) in [4.78, 5) is 0. The van der Waals surface area contributed by atoms with Gasteiger partial charge in [0.05, 0.1) is 11.7 Å². The molecule has 1 fully saturated rings. The van der Waals surface area contributed by atoms with E-state index in [4.69, 9.17) is 4.74 Å². The molecule has 1 aliphatic carbocycles. The quantitative estimate of drug-likeness (QED) is 0.888. The largest absolute Gasteiger partial charge is 0.390 e. The lowest BCUT2D eigenvalue weighted by molar-refractivity contribution is -0.115. The standard InChI is InChI=1S/C15H20BrFO2/c1-2-19-15(7-3-4-8-15)14(18)10-11-9-12(16)5-6-13(11)17/h5-6,9,14,18H,2-4,7-8,10H2,1H3. The van der Waals surface area contributed by atoms with Gasteiger partial charge in [-0.25, -0.2) is 4.39 Å². The molecule has 2 rings (SSSR count). The van der Waals surface area contributed by atoms with E-state index in [1.54, 1.807) is 12.1 Å². The zero-order valence-electron chi connectivity index (χ0n) is 11.2. The van der Waals surface area contributed by atoms with Gasteiger partial charge < -0.3 is 9.84 Å². The Bertz CT molecular complexity index is 430. The molecule has 2 nitrogen and oxygen atoms in total. The van der Waals surface area contributed by atoms with E-state index in [0.717, 1.165) is 30.2 Å². The van der Waals surface area contributed by atoms with Crippen molar-refractivity contribution in [1.82, 2.24) is 0 Å². The van der Waals surface area contributed by atoms with Crippen molar-refractivity contribution in [2.45, 2.75) is 50.7 Å². The number of aliphatic hydroxyl groups excluding tert-OH is 1. The smallest absolute Gasteiger partial charge is 0.126 e. The Morgan fingerprint density at radius 1 is 1.42 bits per heavy atom. The number of benzene rings is 1. The maximum absolute atomic E-state index is 13.8. The second kappa shape index (κ2) is 6.33. The fourth-order valence-electron chi connectivity index (χ4n) is 2.93. The molecule has 0 aromatic heterocycles. The van der Waals surface area contributed by atoms with Crippen LogP contribution in [0.25, 0.3) is 0 Å². The summed E-state index contributed by atoms with van der Waals surface area (Å²) in [5.41, 5.74) is 0.0524. The summed E-state index contributed by atoms with van der Waals surface area (Å²) < 4.78 is 20.4. The summed E-state index contributed by atoms with van der Waals surface area (Å²) in [6, 6.07) is 4.82. The van der Waals surface area contributed by atoms with Gasteiger partial charge >= 0.3 is 0 Å². The van der Waals surface area contributed by atoms with E-state index >= 15 is 0 Å². The summed E-state index contributed by atoms with van der Waals surface area (Å²) in [5, 5.41) is 10.5. The van der Waals surface area contributed by atoms with Crippen molar-refractivity contribution in [3.63, 3.8) is 0 Å². The van der Waals surface area contributed by atoms with Gasteiger partial charge in [-0.3, -0.25) is 0 Å². The minimum atomic E-state index is -0.654. The third-order valence-electron chi connectivity index (χ3n) is 3.91. The molecule has 0 aliphatic heterocycles. The molecule has 0 heterocycles. The van der Waals surface area contributed by atoms with Gasteiger partial charge in [0.1, 0.15) is 5.82 Å². The molecule has 1 unspecified atom stereocenters. The van der Waals surface area contributed by atoms with Gasteiger partial charge in [-0.2, -0.15) is 0 Å². The van der Waals surface area contributed by atoms with E-state index in [1.165, 1.54) is 6.07 Å². The predicted octanol–water partition coefficient (Wildman–Crippen LogP) is 3.84. The van der Waals surface area contributed by atoms with Gasteiger partial charge in [0.25, 0.3) is 0 Å². The van der Waals surface area contributed by atoms with Crippen LogP contribution in [0.4, 0.5) is 4.39 Å². The lowest BCUT2D eigenvalue weighted by Gasteiger charge is -2.34. The number of aliphatic hydroxyl groups is 1. The zero-order chi connectivity index (χ0) is 13.9. The molecule has 0 bridgehead atoms. The number of rotatable bonds is 5. The molecule has 1 aliphatic rings. The van der Waals surface area contributed by atoms with Gasteiger partial charge in [0, 0.05) is 17.5 Å². The highest BCUT2D eigenvalue weighted by Crippen LogP contribution is 2.37. The Morgan fingerprint density at radius 3 is 2.74 bits per heavy atom. The first-order valence-electron chi connectivity index (χ1n) is 6.83. The number of hydrogen-bond donors (Lipinski definition) is 1. The molecule has 0 amide bonds. The molecule has 0 radical (unpaired) electrons. The molecule has 1 N–H and O–H groups in total. The van der Waals surface area contributed by atoms with Crippen molar-refractivity contribution in [2.24, 2.45) is 0 Å². The fourth-order valence-corrected chi connectivity index (χ4v) is 3.34. The molecular formula is C15H20BrFO2. The summed E-state index contributed by atoms with van der Waals surface area (Å²) in [6.45, 7) is 2.52. The number of halogens is 2. The molecule has 19 heavy (non-hydrogen) atoms. The Balaban J connectivity index is 2.14. The van der Waals surface area contributed by atoms with Crippen LogP contribution in [0.5, 0.6) is 0 Å². The predicted molar refractivity (Wildman–Crippen MR) is 76.6 cm³/mol. The van der Waals surface area contributed by atoms with Crippen LogP contribution < -0.4 is 0 Å². The van der Waals surface area contributed by atoms with Crippen molar-refractivity contribution in [3.8, 4) is 0 Å². The maximum Gasteiger partial charge on any atom is 0.126 e. The summed E-state index contributed by atoms with van der Waals surface area (Å²) in [7, 11) is 0. The SMILES string of the molecule is CCOC1(C(O)Cc2cc(Br)ccc2F)CCCC1. The lowest BCUT2D eigenvalue weighted by Crippen LogP contribution is -2.44. The Labute approximate surface area is 122 Å². The Morgan fingerprint density at radius 2 is 2.11 bits per heavy atom. The minimum absolute atomic E-state index is 0.271. The van der Waals surface area contributed by atoms with Crippen LogP contribution in [-0.2, 0) is 11.2 Å². The summed E-state index contributed by atoms with van der Waals surface area (Å²) >= 11 is 3.33. The first kappa shape index (κ1) is 14.9. The molecule has 0 spiro atoms. The van der Waals surface area contributed by atoms with Gasteiger partial charge in [-0.15, -0.1) is 0 Å². The molecule has 1 aromatic rings. The topological polar surface area (TPSA) is 29.5 Å². The average Bonchev–Trinajstić information content (AvgIpc) is 2.84. The number of hydrogen-bond acceptors (Lipinski definition) is 2. The van der Waals surface area contributed by atoms with E-state index in [9.17, 15) is 9.50 Å². The van der Waals surface area contributed by atoms with E-state index in [2.05, 4.69) is 15.9 Å². The molecular weight excluding hydrogens is 311 g/mol. The van der Waals surface area contributed by atoms with Crippen LogP contribution in [-0.4, -0.2) is 23.4 Å². The highest BCUT2D eigenvalue weighted by Gasteiger charge is 2.41. The average molecular weight is 331 g/mol. The second-order valence-corrected chi connectivity index (χ2v) is 6.08. The first-order chi connectivity index (χ1) is 9.07. The van der Waals surface area contributed by atoms with Crippen LogP contribution in [0.15, 0.2) is 22.7 Å². The highest BCUT2D eigenvalue weighted by molar-refractivity contribution is 9.10. The van der Waals surface area contributed by atoms with Crippen molar-refractivity contribution >= 4 is 15.9 Å². The van der Waals surface area contributed by atoms with Crippen LogP contribution >= 0.6 is 15.9 Å². The number of ether oxygens (including phenoxy) is 1.